The molecule has 0 spiro atoms. The van der Waals surface area contributed by atoms with E-state index >= 15 is 0 Å². The van der Waals surface area contributed by atoms with Crippen LogP contribution in [0, 0.1) is 0 Å². The van der Waals surface area contributed by atoms with Crippen molar-refractivity contribution in [2.45, 2.75) is 0 Å². The first-order chi connectivity index (χ1) is 4.45. The molecule has 0 atom stereocenters. The zero-order chi connectivity index (χ0) is 10.9. The summed E-state index contributed by atoms with van der Waals surface area (Å²) in [6.45, 7) is 0. The Balaban J connectivity index is 0. The molecule has 0 bridgehead atoms. The van der Waals surface area contributed by atoms with Gasteiger partial charge in [0.25, 0.3) is 0 Å². The predicted octanol–water partition coefficient (Wildman–Crippen LogP) is 4.52. The number of hydrogen-bond acceptors (Lipinski definition) is 0. The fourth-order valence-electron chi connectivity index (χ4n) is 0. The van der Waals surface area contributed by atoms with Gasteiger partial charge >= 0.3 is 84.6 Å². The van der Waals surface area contributed by atoms with Gasteiger partial charge in [0.05, 0.1) is 0 Å². The summed E-state index contributed by atoms with van der Waals surface area (Å²) in [7, 11) is 17.0. The van der Waals surface area contributed by atoms with E-state index in [4.69, 9.17) is 39.8 Å². The summed E-state index contributed by atoms with van der Waals surface area (Å²) in [5.41, 5.74) is 0. The molecule has 0 amide bonds. The Kier molecular flexibility index (Phi) is 4.70. The van der Waals surface area contributed by atoms with E-state index in [-0.39, 0.29) is 0 Å². The molecule has 0 rings (SSSR count). The van der Waals surface area contributed by atoms with Gasteiger partial charge in [0.2, 0.25) is 0 Å². The maximum atomic E-state index is 9.91. The van der Waals surface area contributed by atoms with E-state index in [0.29, 0.717) is 0 Å². The predicted molar refractivity (Wildman–Crippen MR) is 41.6 cm³/mol. The van der Waals surface area contributed by atoms with Crippen LogP contribution >= 0.6 is 39.8 Å². The zero-order valence-corrected chi connectivity index (χ0v) is 11.5. The summed E-state index contributed by atoms with van der Waals surface area (Å²) < 4.78 is 59.4. The van der Waals surface area contributed by atoms with Gasteiger partial charge in [0.1, 0.15) is 0 Å². The number of hydrogen-bond donors (Lipinski definition) is 0. The molecule has 0 radical (unpaired) electrons. The van der Waals surface area contributed by atoms with E-state index in [2.05, 4.69) is 0 Å². The van der Waals surface area contributed by atoms with Crippen LogP contribution in [0.3, 0.4) is 0 Å². The molecule has 0 fully saturated rings. The third-order valence-electron chi connectivity index (χ3n) is 0. The van der Waals surface area contributed by atoms with Crippen molar-refractivity contribution in [1.29, 1.82) is 0 Å². The monoisotopic (exact) mass is 404 g/mol. The second kappa shape index (κ2) is 3.46. The fourth-order valence-corrected chi connectivity index (χ4v) is 0. The molecule has 0 saturated heterocycles. The zero-order valence-electron chi connectivity index (χ0n) is 4.67. The van der Waals surface area contributed by atoms with E-state index in [0.717, 1.165) is 0 Å². The third kappa shape index (κ3) is 405. The average molecular weight is 406 g/mol. The van der Waals surface area contributed by atoms with Gasteiger partial charge in [0, 0.05) is 0 Å². The van der Waals surface area contributed by atoms with Crippen LogP contribution in [-0.2, 0) is 0 Å². The fraction of sp³-hybridized carbons (Fsp3) is 0. The topological polar surface area (TPSA) is 0 Å². The molecule has 12 heteroatoms. The van der Waals surface area contributed by atoms with Crippen LogP contribution in [0.25, 0.3) is 0 Å². The van der Waals surface area contributed by atoms with Crippen LogP contribution in [0.2, 0.25) is 0 Å². The Morgan fingerprint density at radius 3 is 0.667 bits per heavy atom. The van der Waals surface area contributed by atoms with Crippen LogP contribution in [0.4, 0.5) is 20.8 Å². The van der Waals surface area contributed by atoms with Crippen molar-refractivity contribution >= 4 is 63.8 Å². The van der Waals surface area contributed by atoms with Crippen molar-refractivity contribution in [1.82, 2.24) is 0 Å². The van der Waals surface area contributed by atoms with Crippen LogP contribution in [0.15, 0.2) is 0 Å². The Morgan fingerprint density at radius 1 is 0.667 bits per heavy atom. The first-order valence-electron chi connectivity index (χ1n) is 1.69. The van der Waals surface area contributed by atoms with Gasteiger partial charge in [-0.3, -0.25) is 0 Å². The van der Waals surface area contributed by atoms with Gasteiger partial charge in [-0.2, -0.15) is 0 Å². The summed E-state index contributed by atoms with van der Waals surface area (Å²) >= 11 is -11.1. The van der Waals surface area contributed by atoms with Crippen LogP contribution in [0.1, 0.15) is 0 Å². The second-order valence-corrected chi connectivity index (χ2v) is 22.9. The molecular weight excluding hydrogens is 406 g/mol. The minimum atomic E-state index is -11.1. The molecule has 12 heavy (non-hydrogen) atoms. The summed E-state index contributed by atoms with van der Waals surface area (Å²) in [6.07, 6.45) is 0. The SMILES string of the molecule is Cl[As+](Cl)(Cl)Cl.F[As-](F)(F)(F)(F)F. The minimum absolute atomic E-state index is 2.99. The molecule has 0 unspecified atom stereocenters. The van der Waals surface area contributed by atoms with Gasteiger partial charge in [-0.15, -0.1) is 0 Å². The Labute approximate surface area is 84.0 Å². The third-order valence-corrected chi connectivity index (χ3v) is 0. The van der Waals surface area contributed by atoms with E-state index < -0.39 is 24.0 Å². The Bertz CT molecular complexity index is 128. The number of halogens is 10. The van der Waals surface area contributed by atoms with Crippen molar-refractivity contribution < 1.29 is 20.8 Å². The van der Waals surface area contributed by atoms with E-state index in [1.807, 2.05) is 0 Å². The molecule has 80 valence electrons. The molecular formula is As2Cl4F6. The summed E-state index contributed by atoms with van der Waals surface area (Å²) in [6, 6.07) is 0. The standard InChI is InChI=1S/AsCl4.AsF6/c2-1(3,4)5;2-1(3,4,5,6)7/q+1;-1. The second-order valence-electron chi connectivity index (χ2n) is 1.34. The number of rotatable bonds is 0. The van der Waals surface area contributed by atoms with Crippen LogP contribution in [-0.4, -0.2) is 24.0 Å². The maximum absolute atomic E-state index is 11.1. The van der Waals surface area contributed by atoms with Crippen molar-refractivity contribution in [2.24, 2.45) is 0 Å². The van der Waals surface area contributed by atoms with Crippen molar-refractivity contribution in [3.8, 4) is 0 Å². The molecule has 0 aromatic heterocycles. The van der Waals surface area contributed by atoms with Gasteiger partial charge in [0.15, 0.2) is 0 Å². The molecule has 0 heterocycles. The van der Waals surface area contributed by atoms with E-state index in [1.165, 1.54) is 0 Å². The normalized spacial score (nSPS) is 18.5. The molecule has 0 aromatic carbocycles. The summed E-state index contributed by atoms with van der Waals surface area (Å²) in [5, 5.41) is 0. The average Bonchev–Trinajstić information content (AvgIpc) is 1.04. The van der Waals surface area contributed by atoms with Crippen LogP contribution in [0.5, 0.6) is 0 Å². The molecule has 0 N–H and O–H groups in total. The van der Waals surface area contributed by atoms with E-state index in [9.17, 15) is 20.8 Å². The molecule has 0 saturated carbocycles. The summed E-state index contributed by atoms with van der Waals surface area (Å²) in [4.78, 5) is 0. The van der Waals surface area contributed by atoms with Crippen LogP contribution < -0.4 is 0 Å². The summed E-state index contributed by atoms with van der Waals surface area (Å²) in [5.74, 6) is 0. The van der Waals surface area contributed by atoms with Gasteiger partial charge in [-0.05, 0) is 0 Å². The first-order valence-corrected chi connectivity index (χ1v) is 15.8. The Hall–Kier alpha value is 1.86. The van der Waals surface area contributed by atoms with Gasteiger partial charge in [-0.25, -0.2) is 0 Å². The quantitative estimate of drug-likeness (QED) is 0.411. The van der Waals surface area contributed by atoms with Gasteiger partial charge < -0.3 is 0 Å². The first kappa shape index (κ1) is 16.3. The van der Waals surface area contributed by atoms with E-state index in [1.54, 1.807) is 0 Å². The molecule has 0 nitrogen and oxygen atoms in total. The van der Waals surface area contributed by atoms with Crippen molar-refractivity contribution in [2.75, 3.05) is 0 Å². The van der Waals surface area contributed by atoms with Gasteiger partial charge in [-0.1, -0.05) is 0 Å². The molecule has 0 aliphatic rings. The molecule has 0 aliphatic carbocycles. The van der Waals surface area contributed by atoms with Crippen molar-refractivity contribution in [3.05, 3.63) is 0 Å². The Morgan fingerprint density at radius 2 is 0.667 bits per heavy atom. The molecule has 0 aliphatic heterocycles. The van der Waals surface area contributed by atoms with Crippen molar-refractivity contribution in [3.63, 3.8) is 0 Å². The molecule has 0 aromatic rings.